The van der Waals surface area contributed by atoms with E-state index in [1.165, 1.54) is 0 Å². The number of anilines is 2. The molecule has 2 N–H and O–H groups in total. The summed E-state index contributed by atoms with van der Waals surface area (Å²) in [5.41, 5.74) is 1.54. The van der Waals surface area contributed by atoms with Crippen molar-refractivity contribution in [3.05, 3.63) is 109 Å². The molecule has 5 heteroatoms. The standard InChI is InChI=1S/C26H22N2O3/c29-26(28-21-13-17-25(18-14-21)31-23-9-5-2-6-10-23)19-27-20-11-15-24(16-12-20)30-22-7-3-1-4-8-22/h1-18,27H,19H2,(H,28,29). The van der Waals surface area contributed by atoms with E-state index in [-0.39, 0.29) is 12.5 Å². The van der Waals surface area contributed by atoms with E-state index < -0.39 is 0 Å². The highest BCUT2D eigenvalue weighted by Crippen LogP contribution is 2.24. The van der Waals surface area contributed by atoms with Crippen molar-refractivity contribution in [3.8, 4) is 23.0 Å². The first-order chi connectivity index (χ1) is 15.2. The molecule has 0 fully saturated rings. The van der Waals surface area contributed by atoms with E-state index in [1.807, 2.05) is 109 Å². The molecule has 154 valence electrons. The van der Waals surface area contributed by atoms with Gasteiger partial charge in [0, 0.05) is 11.4 Å². The summed E-state index contributed by atoms with van der Waals surface area (Å²) >= 11 is 0. The smallest absolute Gasteiger partial charge is 0.243 e. The van der Waals surface area contributed by atoms with E-state index in [1.54, 1.807) is 0 Å². The fourth-order valence-corrected chi connectivity index (χ4v) is 2.88. The molecule has 4 rings (SSSR count). The van der Waals surface area contributed by atoms with Gasteiger partial charge in [-0.15, -0.1) is 0 Å². The summed E-state index contributed by atoms with van der Waals surface area (Å²) in [4.78, 5) is 12.2. The zero-order valence-corrected chi connectivity index (χ0v) is 16.8. The first kappa shape index (κ1) is 20.0. The molecule has 0 atom stereocenters. The third-order valence-corrected chi connectivity index (χ3v) is 4.40. The van der Waals surface area contributed by atoms with Crippen LogP contribution in [0, 0.1) is 0 Å². The third kappa shape index (κ3) is 6.11. The van der Waals surface area contributed by atoms with Crippen molar-refractivity contribution in [3.63, 3.8) is 0 Å². The average molecular weight is 410 g/mol. The topological polar surface area (TPSA) is 59.6 Å². The Balaban J connectivity index is 1.24. The molecular weight excluding hydrogens is 388 g/mol. The Morgan fingerprint density at radius 1 is 0.548 bits per heavy atom. The Morgan fingerprint density at radius 3 is 1.45 bits per heavy atom. The Kier molecular flexibility index (Phi) is 6.45. The summed E-state index contributed by atoms with van der Waals surface area (Å²) in [6, 6.07) is 33.9. The van der Waals surface area contributed by atoms with Gasteiger partial charge in [0.25, 0.3) is 0 Å². The van der Waals surface area contributed by atoms with Crippen molar-refractivity contribution in [2.75, 3.05) is 17.2 Å². The second-order valence-corrected chi connectivity index (χ2v) is 6.78. The van der Waals surface area contributed by atoms with Gasteiger partial charge in [0.15, 0.2) is 0 Å². The van der Waals surface area contributed by atoms with Crippen LogP contribution in [0.25, 0.3) is 0 Å². The zero-order valence-electron chi connectivity index (χ0n) is 16.8. The van der Waals surface area contributed by atoms with Gasteiger partial charge in [0.05, 0.1) is 6.54 Å². The monoisotopic (exact) mass is 410 g/mol. The number of rotatable bonds is 8. The number of carbonyl (C=O) groups is 1. The first-order valence-corrected chi connectivity index (χ1v) is 9.94. The van der Waals surface area contributed by atoms with E-state index >= 15 is 0 Å². The second kappa shape index (κ2) is 9.98. The van der Waals surface area contributed by atoms with Crippen LogP contribution in [0.4, 0.5) is 11.4 Å². The molecule has 0 aliphatic carbocycles. The maximum Gasteiger partial charge on any atom is 0.243 e. The quantitative estimate of drug-likeness (QED) is 0.357. The lowest BCUT2D eigenvalue weighted by Gasteiger charge is -2.10. The fourth-order valence-electron chi connectivity index (χ4n) is 2.88. The summed E-state index contributed by atoms with van der Waals surface area (Å²) in [6.45, 7) is 0.154. The highest BCUT2D eigenvalue weighted by molar-refractivity contribution is 5.93. The van der Waals surface area contributed by atoms with Crippen molar-refractivity contribution in [2.24, 2.45) is 0 Å². The van der Waals surface area contributed by atoms with Gasteiger partial charge in [0.1, 0.15) is 23.0 Å². The van der Waals surface area contributed by atoms with Crippen molar-refractivity contribution < 1.29 is 14.3 Å². The molecule has 0 heterocycles. The van der Waals surface area contributed by atoms with Gasteiger partial charge in [-0.05, 0) is 72.8 Å². The van der Waals surface area contributed by atoms with Gasteiger partial charge >= 0.3 is 0 Å². The van der Waals surface area contributed by atoms with E-state index in [4.69, 9.17) is 9.47 Å². The Bertz CT molecular complexity index is 1100. The molecule has 0 unspecified atom stereocenters. The zero-order chi connectivity index (χ0) is 21.3. The highest BCUT2D eigenvalue weighted by atomic mass is 16.5. The van der Waals surface area contributed by atoms with Crippen molar-refractivity contribution in [1.29, 1.82) is 0 Å². The molecule has 0 saturated heterocycles. The van der Waals surface area contributed by atoms with Crippen molar-refractivity contribution in [1.82, 2.24) is 0 Å². The van der Waals surface area contributed by atoms with E-state index in [2.05, 4.69) is 10.6 Å². The maximum absolute atomic E-state index is 12.2. The number of para-hydroxylation sites is 2. The van der Waals surface area contributed by atoms with Crippen molar-refractivity contribution in [2.45, 2.75) is 0 Å². The Morgan fingerprint density at radius 2 is 0.968 bits per heavy atom. The number of hydrogen-bond donors (Lipinski definition) is 2. The van der Waals surface area contributed by atoms with E-state index in [0.29, 0.717) is 11.4 Å². The Hall–Kier alpha value is -4.25. The predicted molar refractivity (Wildman–Crippen MR) is 123 cm³/mol. The lowest BCUT2D eigenvalue weighted by atomic mass is 10.3. The average Bonchev–Trinajstić information content (AvgIpc) is 2.81. The number of amides is 1. The van der Waals surface area contributed by atoms with E-state index in [9.17, 15) is 4.79 Å². The van der Waals surface area contributed by atoms with Crippen LogP contribution in [0.5, 0.6) is 23.0 Å². The van der Waals surface area contributed by atoms with E-state index in [0.717, 1.165) is 22.9 Å². The molecule has 31 heavy (non-hydrogen) atoms. The van der Waals surface area contributed by atoms with Crippen LogP contribution >= 0.6 is 0 Å². The van der Waals surface area contributed by atoms with Gasteiger partial charge in [-0.2, -0.15) is 0 Å². The fraction of sp³-hybridized carbons (Fsp3) is 0.0385. The van der Waals surface area contributed by atoms with Crippen LogP contribution in [0.15, 0.2) is 109 Å². The van der Waals surface area contributed by atoms with Crippen LogP contribution in [-0.4, -0.2) is 12.5 Å². The molecule has 0 bridgehead atoms. The molecule has 4 aromatic carbocycles. The molecule has 0 saturated carbocycles. The number of ether oxygens (including phenoxy) is 2. The number of benzene rings is 4. The van der Waals surface area contributed by atoms with Crippen LogP contribution in [-0.2, 0) is 4.79 Å². The van der Waals surface area contributed by atoms with Gasteiger partial charge in [0.2, 0.25) is 5.91 Å². The first-order valence-electron chi connectivity index (χ1n) is 9.94. The van der Waals surface area contributed by atoms with Gasteiger partial charge < -0.3 is 20.1 Å². The SMILES string of the molecule is O=C(CNc1ccc(Oc2ccccc2)cc1)Nc1ccc(Oc2ccccc2)cc1. The number of carbonyl (C=O) groups excluding carboxylic acids is 1. The second-order valence-electron chi connectivity index (χ2n) is 6.78. The van der Waals surface area contributed by atoms with Crippen molar-refractivity contribution >= 4 is 17.3 Å². The lowest BCUT2D eigenvalue weighted by Crippen LogP contribution is -2.21. The summed E-state index contributed by atoms with van der Waals surface area (Å²) < 4.78 is 11.5. The summed E-state index contributed by atoms with van der Waals surface area (Å²) in [6.07, 6.45) is 0. The van der Waals surface area contributed by atoms with Gasteiger partial charge in [-0.1, -0.05) is 36.4 Å². The predicted octanol–water partition coefficient (Wildman–Crippen LogP) is 6.32. The minimum atomic E-state index is -0.138. The highest BCUT2D eigenvalue weighted by Gasteiger charge is 2.04. The van der Waals surface area contributed by atoms with Crippen LogP contribution in [0.3, 0.4) is 0 Å². The molecular formula is C26H22N2O3. The van der Waals surface area contributed by atoms with Gasteiger partial charge in [-0.3, -0.25) is 4.79 Å². The molecule has 1 amide bonds. The largest absolute Gasteiger partial charge is 0.457 e. The molecule has 0 aromatic heterocycles. The van der Waals surface area contributed by atoms with Gasteiger partial charge in [-0.25, -0.2) is 0 Å². The van der Waals surface area contributed by atoms with Crippen LogP contribution in [0.2, 0.25) is 0 Å². The molecule has 0 radical (unpaired) electrons. The summed E-state index contributed by atoms with van der Waals surface area (Å²) in [5.74, 6) is 2.85. The summed E-state index contributed by atoms with van der Waals surface area (Å²) in [7, 11) is 0. The molecule has 0 spiro atoms. The maximum atomic E-state index is 12.2. The number of nitrogens with one attached hydrogen (secondary N) is 2. The molecule has 0 aliphatic rings. The minimum Gasteiger partial charge on any atom is -0.457 e. The molecule has 4 aromatic rings. The Labute approximate surface area is 181 Å². The number of hydrogen-bond acceptors (Lipinski definition) is 4. The lowest BCUT2D eigenvalue weighted by molar-refractivity contribution is -0.114. The van der Waals surface area contributed by atoms with Crippen LogP contribution < -0.4 is 20.1 Å². The third-order valence-electron chi connectivity index (χ3n) is 4.40. The normalized spacial score (nSPS) is 10.2. The summed E-state index contributed by atoms with van der Waals surface area (Å²) in [5, 5.41) is 5.97. The molecule has 5 nitrogen and oxygen atoms in total. The molecule has 0 aliphatic heterocycles. The van der Waals surface area contributed by atoms with Crippen LogP contribution in [0.1, 0.15) is 0 Å². The minimum absolute atomic E-state index is 0.138.